The molecule has 0 radical (unpaired) electrons. The number of nitrogens with one attached hydrogen (secondary N) is 1. The Morgan fingerprint density at radius 1 is 1.02 bits per heavy atom. The number of aromatic amines is 1. The number of benzene rings is 1. The first-order valence-electron chi connectivity index (χ1n) is 17.2. The highest BCUT2D eigenvalue weighted by atomic mass is 19.1. The Hall–Kier alpha value is -4.84. The van der Waals surface area contributed by atoms with Crippen molar-refractivity contribution in [3.8, 4) is 5.75 Å². The molecule has 4 aromatic rings. The molecule has 2 aliphatic heterocycles. The topological polar surface area (TPSA) is 112 Å². The standard InChI is InChI=1S/C37H43FN8O3/c1-25-7-3-4-9-27(25)29-21-28(26-8-6-14-45(23-26)34(47)11-15-46-16-13-40-42-46)35(38)36-30(29)22-31(41-36)37(48)44-19-17-43(18-20-44)24-32-33(49-2)10-5-12-39-32/h5,8,10,12-13,16,21-22,41H,3-4,6-7,9,11,14-15,17-20,23-24H2,1-2H3. The van der Waals surface area contributed by atoms with Crippen LogP contribution in [0.5, 0.6) is 5.75 Å². The first kappa shape index (κ1) is 32.7. The van der Waals surface area contributed by atoms with Gasteiger partial charge in [0.2, 0.25) is 5.91 Å². The highest BCUT2D eigenvalue weighted by molar-refractivity contribution is 6.03. The zero-order valence-electron chi connectivity index (χ0n) is 28.3. The zero-order chi connectivity index (χ0) is 33.9. The summed E-state index contributed by atoms with van der Waals surface area (Å²) in [6, 6.07) is 7.57. The number of hydrogen-bond donors (Lipinski definition) is 1. The molecule has 0 atom stereocenters. The molecule has 7 rings (SSSR count). The van der Waals surface area contributed by atoms with E-state index in [-0.39, 0.29) is 17.6 Å². The van der Waals surface area contributed by atoms with Crippen LogP contribution in [0.3, 0.4) is 0 Å². The number of carbonyl (C=O) groups excluding carboxylic acids is 2. The van der Waals surface area contributed by atoms with Crippen molar-refractivity contribution < 1.29 is 18.7 Å². The van der Waals surface area contributed by atoms with E-state index in [1.165, 1.54) is 11.1 Å². The van der Waals surface area contributed by atoms with Crippen LogP contribution in [0, 0.1) is 5.82 Å². The number of amides is 2. The first-order valence-corrected chi connectivity index (χ1v) is 17.2. The summed E-state index contributed by atoms with van der Waals surface area (Å²) in [6.07, 6.45) is 12.2. The van der Waals surface area contributed by atoms with Gasteiger partial charge in [0.25, 0.3) is 5.91 Å². The van der Waals surface area contributed by atoms with Crippen LogP contribution in [0.15, 0.2) is 54.5 Å². The molecule has 1 saturated heterocycles. The lowest BCUT2D eigenvalue weighted by atomic mass is 9.85. The molecule has 0 saturated carbocycles. The van der Waals surface area contributed by atoms with Crippen LogP contribution < -0.4 is 4.74 Å². The molecule has 1 N–H and O–H groups in total. The minimum Gasteiger partial charge on any atom is -0.495 e. The van der Waals surface area contributed by atoms with Crippen molar-refractivity contribution in [2.45, 2.75) is 58.5 Å². The van der Waals surface area contributed by atoms with E-state index in [0.717, 1.165) is 53.6 Å². The first-order chi connectivity index (χ1) is 23.9. The summed E-state index contributed by atoms with van der Waals surface area (Å²) in [5, 5.41) is 8.50. The van der Waals surface area contributed by atoms with Crippen LogP contribution in [0.4, 0.5) is 4.39 Å². The Morgan fingerprint density at radius 3 is 2.63 bits per heavy atom. The molecule has 12 heteroatoms. The van der Waals surface area contributed by atoms with Gasteiger partial charge in [0.05, 0.1) is 31.1 Å². The number of aromatic nitrogens is 5. The molecule has 3 aromatic heterocycles. The van der Waals surface area contributed by atoms with Gasteiger partial charge < -0.3 is 19.5 Å². The number of carbonyl (C=O) groups is 2. The maximum absolute atomic E-state index is 16.6. The van der Waals surface area contributed by atoms with E-state index in [4.69, 9.17) is 4.74 Å². The Kier molecular flexibility index (Phi) is 9.56. The molecule has 2 amide bonds. The molecule has 11 nitrogen and oxygen atoms in total. The van der Waals surface area contributed by atoms with Crippen LogP contribution >= 0.6 is 0 Å². The van der Waals surface area contributed by atoms with E-state index < -0.39 is 0 Å². The van der Waals surface area contributed by atoms with Gasteiger partial charge in [-0.1, -0.05) is 16.9 Å². The number of fused-ring (bicyclic) bond motifs is 1. The predicted octanol–water partition coefficient (Wildman–Crippen LogP) is 5.31. The fourth-order valence-electron chi connectivity index (χ4n) is 7.37. The third-order valence-corrected chi connectivity index (χ3v) is 10.1. The van der Waals surface area contributed by atoms with Gasteiger partial charge in [-0.05, 0) is 80.0 Å². The Balaban J connectivity index is 1.14. The average Bonchev–Trinajstić information content (AvgIpc) is 3.83. The summed E-state index contributed by atoms with van der Waals surface area (Å²) >= 11 is 0. The van der Waals surface area contributed by atoms with E-state index in [1.54, 1.807) is 35.3 Å². The zero-order valence-corrected chi connectivity index (χ0v) is 28.3. The van der Waals surface area contributed by atoms with E-state index in [1.807, 2.05) is 35.2 Å². The molecule has 1 aliphatic carbocycles. The molecule has 1 aromatic carbocycles. The second kappa shape index (κ2) is 14.3. The third-order valence-electron chi connectivity index (χ3n) is 10.1. The Bertz CT molecular complexity index is 1910. The second-order valence-corrected chi connectivity index (χ2v) is 13.2. The SMILES string of the molecule is COc1cccnc1CN1CCN(C(=O)c2cc3c(C4=C(C)CCCC4)cc(C4=CCCN(C(=O)CCn5ccnn5)C4)c(F)c3[nH]2)CC1. The van der Waals surface area contributed by atoms with Crippen LogP contribution in [0.25, 0.3) is 22.0 Å². The van der Waals surface area contributed by atoms with Crippen molar-refractivity contribution in [2.75, 3.05) is 46.4 Å². The van der Waals surface area contributed by atoms with Crippen molar-refractivity contribution in [3.05, 3.63) is 82.8 Å². The van der Waals surface area contributed by atoms with Gasteiger partial charge in [-0.15, -0.1) is 5.10 Å². The van der Waals surface area contributed by atoms with Gasteiger partial charge in [0, 0.05) is 75.6 Å². The fourth-order valence-corrected chi connectivity index (χ4v) is 7.37. The number of aryl methyl sites for hydroxylation is 1. The number of ether oxygens (including phenoxy) is 1. The summed E-state index contributed by atoms with van der Waals surface area (Å²) in [6.45, 7) is 6.68. The average molecular weight is 667 g/mol. The van der Waals surface area contributed by atoms with Gasteiger partial charge >= 0.3 is 0 Å². The molecule has 49 heavy (non-hydrogen) atoms. The number of pyridine rings is 1. The number of methoxy groups -OCH3 is 1. The van der Waals surface area contributed by atoms with Gasteiger partial charge in [-0.3, -0.25) is 24.2 Å². The van der Waals surface area contributed by atoms with E-state index in [9.17, 15) is 9.59 Å². The number of allylic oxidation sites excluding steroid dienone is 2. The number of rotatable bonds is 9. The van der Waals surface area contributed by atoms with Gasteiger partial charge in [0.15, 0.2) is 5.82 Å². The van der Waals surface area contributed by atoms with Crippen LogP contribution in [0.2, 0.25) is 0 Å². The molecule has 0 spiro atoms. The van der Waals surface area contributed by atoms with Gasteiger partial charge in [0.1, 0.15) is 11.4 Å². The minimum absolute atomic E-state index is 0.000616. The lowest BCUT2D eigenvalue weighted by Gasteiger charge is -2.34. The van der Waals surface area contributed by atoms with E-state index in [0.29, 0.717) is 82.0 Å². The Labute approximate surface area is 285 Å². The molecular weight excluding hydrogens is 623 g/mol. The summed E-state index contributed by atoms with van der Waals surface area (Å²) in [7, 11) is 1.65. The summed E-state index contributed by atoms with van der Waals surface area (Å²) < 4.78 is 23.8. The number of hydrogen-bond acceptors (Lipinski definition) is 7. The fraction of sp³-hybridized carbons (Fsp3) is 0.432. The third kappa shape index (κ3) is 6.87. The Morgan fingerprint density at radius 2 is 1.86 bits per heavy atom. The van der Waals surface area contributed by atoms with Gasteiger partial charge in [-0.25, -0.2) is 4.39 Å². The van der Waals surface area contributed by atoms with Crippen molar-refractivity contribution in [1.29, 1.82) is 0 Å². The summed E-state index contributed by atoms with van der Waals surface area (Å²) in [5.74, 6) is 0.240. The lowest BCUT2D eigenvalue weighted by Crippen LogP contribution is -2.48. The van der Waals surface area contributed by atoms with Crippen molar-refractivity contribution >= 4 is 33.9 Å². The van der Waals surface area contributed by atoms with Crippen LogP contribution in [-0.4, -0.2) is 97.9 Å². The highest BCUT2D eigenvalue weighted by Crippen LogP contribution is 2.40. The maximum atomic E-state index is 16.6. The molecule has 5 heterocycles. The van der Waals surface area contributed by atoms with Crippen LogP contribution in [-0.2, 0) is 17.9 Å². The monoisotopic (exact) mass is 666 g/mol. The molecular formula is C37H43FN8O3. The second-order valence-electron chi connectivity index (χ2n) is 13.2. The normalized spacial score (nSPS) is 17.5. The molecule has 3 aliphatic rings. The number of piperazine rings is 1. The number of halogens is 1. The van der Waals surface area contributed by atoms with Crippen molar-refractivity contribution in [3.63, 3.8) is 0 Å². The number of nitrogens with zero attached hydrogens (tertiary/aromatic N) is 7. The molecule has 256 valence electrons. The highest BCUT2D eigenvalue weighted by Gasteiger charge is 2.28. The molecule has 0 unspecified atom stereocenters. The smallest absolute Gasteiger partial charge is 0.270 e. The molecule has 1 fully saturated rings. The summed E-state index contributed by atoms with van der Waals surface area (Å²) in [5.41, 5.74) is 6.40. The largest absolute Gasteiger partial charge is 0.495 e. The van der Waals surface area contributed by atoms with E-state index in [2.05, 4.69) is 32.1 Å². The van der Waals surface area contributed by atoms with Gasteiger partial charge in [-0.2, -0.15) is 0 Å². The van der Waals surface area contributed by atoms with Crippen molar-refractivity contribution in [2.24, 2.45) is 0 Å². The van der Waals surface area contributed by atoms with E-state index >= 15 is 4.39 Å². The maximum Gasteiger partial charge on any atom is 0.270 e. The minimum atomic E-state index is -0.385. The predicted molar refractivity (Wildman–Crippen MR) is 185 cm³/mol. The summed E-state index contributed by atoms with van der Waals surface area (Å²) in [4.78, 5) is 40.7. The van der Waals surface area contributed by atoms with Crippen LogP contribution in [0.1, 0.15) is 72.8 Å². The molecule has 0 bridgehead atoms. The quantitative estimate of drug-likeness (QED) is 0.258. The lowest BCUT2D eigenvalue weighted by molar-refractivity contribution is -0.131. The number of H-pyrrole nitrogens is 1. The van der Waals surface area contributed by atoms with Crippen molar-refractivity contribution in [1.82, 2.24) is 39.7 Å².